The van der Waals surface area contributed by atoms with E-state index in [1.165, 1.54) is 4.31 Å². The lowest BCUT2D eigenvalue weighted by atomic mass is 9.91. The Kier molecular flexibility index (Phi) is 7.20. The summed E-state index contributed by atoms with van der Waals surface area (Å²) in [5, 5.41) is 9.11. The standard InChI is InChI=1S/C29H30N2O3S/c1-20-14-21(2)29(22(3)15-20)35(33,34)31-19-26-12-5-4-11-25(26)17-27(31)28(32)13-7-9-23-8-6-10-24(16-23)18-30/h4-6,8,10-12,14-16,27H,7,9,13,17,19H2,1-3H3. The minimum absolute atomic E-state index is 0.0677. The van der Waals surface area contributed by atoms with Crippen molar-refractivity contribution in [1.29, 1.82) is 5.26 Å². The predicted octanol–water partition coefficient (Wildman–Crippen LogP) is 5.19. The predicted molar refractivity (Wildman–Crippen MR) is 136 cm³/mol. The molecule has 0 saturated heterocycles. The van der Waals surface area contributed by atoms with Gasteiger partial charge in [0.15, 0.2) is 5.78 Å². The van der Waals surface area contributed by atoms with Crippen LogP contribution < -0.4 is 0 Å². The van der Waals surface area contributed by atoms with E-state index in [2.05, 4.69) is 6.07 Å². The molecule has 1 aliphatic rings. The third kappa shape index (κ3) is 5.22. The summed E-state index contributed by atoms with van der Waals surface area (Å²) in [5.74, 6) is -0.0677. The number of ketones is 1. The van der Waals surface area contributed by atoms with Gasteiger partial charge in [-0.25, -0.2) is 8.42 Å². The number of nitrogens with zero attached hydrogens (tertiary/aromatic N) is 2. The van der Waals surface area contributed by atoms with E-state index in [-0.39, 0.29) is 18.7 Å². The zero-order valence-corrected chi connectivity index (χ0v) is 21.2. The third-order valence-electron chi connectivity index (χ3n) is 6.69. The molecule has 6 heteroatoms. The number of rotatable bonds is 7. The summed E-state index contributed by atoms with van der Waals surface area (Å²) in [5.41, 5.74) is 5.97. The molecule has 5 nitrogen and oxygen atoms in total. The summed E-state index contributed by atoms with van der Waals surface area (Å²) < 4.78 is 29.4. The van der Waals surface area contributed by atoms with Gasteiger partial charge in [-0.2, -0.15) is 9.57 Å². The molecule has 0 fully saturated rings. The molecular formula is C29H30N2O3S. The molecule has 0 N–H and O–H groups in total. The quantitative estimate of drug-likeness (QED) is 0.460. The number of hydrogen-bond acceptors (Lipinski definition) is 4. The van der Waals surface area contributed by atoms with Crippen LogP contribution in [0.25, 0.3) is 0 Å². The number of aryl methyl sites for hydroxylation is 4. The zero-order chi connectivity index (χ0) is 25.2. The molecule has 1 atom stereocenters. The second-order valence-corrected chi connectivity index (χ2v) is 11.2. The maximum atomic E-state index is 14.0. The van der Waals surface area contributed by atoms with E-state index in [0.29, 0.717) is 40.8 Å². The molecule has 0 radical (unpaired) electrons. The molecule has 35 heavy (non-hydrogen) atoms. The molecular weight excluding hydrogens is 456 g/mol. The van der Waals surface area contributed by atoms with Gasteiger partial charge >= 0.3 is 0 Å². The van der Waals surface area contributed by atoms with Crippen LogP contribution in [0.1, 0.15) is 51.8 Å². The lowest BCUT2D eigenvalue weighted by Gasteiger charge is -2.36. The van der Waals surface area contributed by atoms with E-state index >= 15 is 0 Å². The van der Waals surface area contributed by atoms with Gasteiger partial charge in [-0.15, -0.1) is 0 Å². The molecule has 0 aromatic heterocycles. The number of benzene rings is 3. The highest BCUT2D eigenvalue weighted by Crippen LogP contribution is 2.33. The SMILES string of the molecule is Cc1cc(C)c(S(=O)(=O)N2Cc3ccccc3CC2C(=O)CCCc2cccc(C#N)c2)c(C)c1. The Morgan fingerprint density at radius 1 is 1.00 bits per heavy atom. The van der Waals surface area contributed by atoms with Gasteiger partial charge in [0.2, 0.25) is 10.0 Å². The topological polar surface area (TPSA) is 78.2 Å². The summed E-state index contributed by atoms with van der Waals surface area (Å²) in [6.45, 7) is 5.77. The van der Waals surface area contributed by atoms with Crippen molar-refractivity contribution in [2.75, 3.05) is 0 Å². The van der Waals surface area contributed by atoms with Crippen LogP contribution in [0.2, 0.25) is 0 Å². The summed E-state index contributed by atoms with van der Waals surface area (Å²) in [6, 6.07) is 20.3. The molecule has 3 aromatic rings. The summed E-state index contributed by atoms with van der Waals surface area (Å²) >= 11 is 0. The van der Waals surface area contributed by atoms with Crippen molar-refractivity contribution in [2.24, 2.45) is 0 Å². The summed E-state index contributed by atoms with van der Waals surface area (Å²) in [4.78, 5) is 13.8. The molecule has 4 rings (SSSR count). The molecule has 3 aromatic carbocycles. The fourth-order valence-electron chi connectivity index (χ4n) is 5.15. The van der Waals surface area contributed by atoms with E-state index in [0.717, 1.165) is 22.3 Å². The minimum atomic E-state index is -3.89. The normalized spacial score (nSPS) is 15.9. The molecule has 1 unspecified atom stereocenters. The van der Waals surface area contributed by atoms with E-state index in [1.54, 1.807) is 6.07 Å². The molecule has 1 heterocycles. The highest BCUT2D eigenvalue weighted by Gasteiger charge is 2.40. The maximum Gasteiger partial charge on any atom is 0.244 e. The number of nitriles is 1. The Hall–Kier alpha value is -3.27. The third-order valence-corrected chi connectivity index (χ3v) is 8.85. The van der Waals surface area contributed by atoms with Crippen LogP contribution in [0.4, 0.5) is 0 Å². The Bertz CT molecular complexity index is 1400. The fraction of sp³-hybridized carbons (Fsp3) is 0.310. The first-order valence-electron chi connectivity index (χ1n) is 11.9. The summed E-state index contributed by atoms with van der Waals surface area (Å²) in [7, 11) is -3.89. The van der Waals surface area contributed by atoms with Gasteiger partial charge in [0.1, 0.15) is 0 Å². The molecule has 180 valence electrons. The van der Waals surface area contributed by atoms with E-state index in [4.69, 9.17) is 5.26 Å². The van der Waals surface area contributed by atoms with Gasteiger partial charge in [0.25, 0.3) is 0 Å². The van der Waals surface area contributed by atoms with Crippen LogP contribution in [0.15, 0.2) is 65.6 Å². The van der Waals surface area contributed by atoms with Gasteiger partial charge in [-0.1, -0.05) is 54.1 Å². The van der Waals surface area contributed by atoms with Gasteiger partial charge in [-0.05, 0) is 80.0 Å². The van der Waals surface area contributed by atoms with Gasteiger partial charge in [0, 0.05) is 13.0 Å². The largest absolute Gasteiger partial charge is 0.298 e. The second-order valence-electron chi connectivity index (χ2n) is 9.40. The average molecular weight is 487 g/mol. The van der Waals surface area contributed by atoms with Crippen molar-refractivity contribution in [3.05, 3.63) is 99.6 Å². The van der Waals surface area contributed by atoms with Crippen LogP contribution >= 0.6 is 0 Å². The van der Waals surface area contributed by atoms with Crippen LogP contribution in [-0.4, -0.2) is 24.5 Å². The lowest BCUT2D eigenvalue weighted by molar-refractivity contribution is -0.123. The van der Waals surface area contributed by atoms with Crippen molar-refractivity contribution >= 4 is 15.8 Å². The average Bonchev–Trinajstić information content (AvgIpc) is 2.82. The van der Waals surface area contributed by atoms with Crippen LogP contribution in [0.3, 0.4) is 0 Å². The first kappa shape index (κ1) is 24.8. The Morgan fingerprint density at radius 2 is 1.69 bits per heavy atom. The smallest absolute Gasteiger partial charge is 0.244 e. The van der Waals surface area contributed by atoms with Gasteiger partial charge in [-0.3, -0.25) is 4.79 Å². The Labute approximate surface area is 208 Å². The molecule has 0 aliphatic carbocycles. The molecule has 0 bridgehead atoms. The second kappa shape index (κ2) is 10.2. The maximum absolute atomic E-state index is 14.0. The molecule has 0 amide bonds. The van der Waals surface area contributed by atoms with E-state index in [9.17, 15) is 13.2 Å². The molecule has 0 spiro atoms. The van der Waals surface area contributed by atoms with Crippen LogP contribution in [-0.2, 0) is 34.2 Å². The first-order valence-corrected chi connectivity index (χ1v) is 13.3. The van der Waals surface area contributed by atoms with Crippen molar-refractivity contribution in [3.8, 4) is 6.07 Å². The fourth-order valence-corrected chi connectivity index (χ4v) is 7.15. The Morgan fingerprint density at radius 3 is 2.37 bits per heavy atom. The van der Waals surface area contributed by atoms with Crippen molar-refractivity contribution in [3.63, 3.8) is 0 Å². The lowest BCUT2D eigenvalue weighted by Crippen LogP contribution is -2.48. The monoisotopic (exact) mass is 486 g/mol. The minimum Gasteiger partial charge on any atom is -0.298 e. The number of sulfonamides is 1. The van der Waals surface area contributed by atoms with Crippen LogP contribution in [0, 0.1) is 32.1 Å². The highest BCUT2D eigenvalue weighted by atomic mass is 32.2. The van der Waals surface area contributed by atoms with Crippen molar-refractivity contribution in [1.82, 2.24) is 4.31 Å². The van der Waals surface area contributed by atoms with E-state index < -0.39 is 16.1 Å². The highest BCUT2D eigenvalue weighted by molar-refractivity contribution is 7.89. The zero-order valence-electron chi connectivity index (χ0n) is 20.4. The van der Waals surface area contributed by atoms with Crippen LogP contribution in [0.5, 0.6) is 0 Å². The van der Waals surface area contributed by atoms with Gasteiger partial charge < -0.3 is 0 Å². The van der Waals surface area contributed by atoms with Crippen molar-refractivity contribution in [2.45, 2.75) is 63.9 Å². The number of hydrogen-bond donors (Lipinski definition) is 0. The van der Waals surface area contributed by atoms with Crippen molar-refractivity contribution < 1.29 is 13.2 Å². The summed E-state index contributed by atoms with van der Waals surface area (Å²) in [6.07, 6.45) is 1.92. The molecule has 0 saturated carbocycles. The van der Waals surface area contributed by atoms with E-state index in [1.807, 2.05) is 75.4 Å². The van der Waals surface area contributed by atoms with Gasteiger partial charge in [0.05, 0.1) is 22.6 Å². The Balaban J connectivity index is 1.62. The number of fused-ring (bicyclic) bond motifs is 1. The molecule has 1 aliphatic heterocycles. The first-order chi connectivity index (χ1) is 16.7. The number of carbonyl (C=O) groups is 1. The number of carbonyl (C=O) groups excluding carboxylic acids is 1. The number of Topliss-reactive ketones (excluding diaryl/α,β-unsaturated/α-hetero) is 1.